The summed E-state index contributed by atoms with van der Waals surface area (Å²) in [6.45, 7) is 1.99. The van der Waals surface area contributed by atoms with Crippen LogP contribution in [0.5, 0.6) is 0 Å². The number of carbonyl (C=O) groups excluding carboxylic acids is 1. The Bertz CT molecular complexity index is 899. The van der Waals surface area contributed by atoms with Gasteiger partial charge >= 0.3 is 0 Å². The number of hydrogen-bond donors (Lipinski definition) is 2. The van der Waals surface area contributed by atoms with Gasteiger partial charge in [0, 0.05) is 10.7 Å². The number of nitrogens with zero attached hydrogens (tertiary/aromatic N) is 2. The zero-order valence-electron chi connectivity index (χ0n) is 12.2. The van der Waals surface area contributed by atoms with E-state index in [4.69, 9.17) is 23.8 Å². The van der Waals surface area contributed by atoms with Crippen LogP contribution in [0.1, 0.15) is 5.56 Å². The second kappa shape index (κ2) is 6.66. The van der Waals surface area contributed by atoms with Gasteiger partial charge in [-0.2, -0.15) is 5.10 Å². The van der Waals surface area contributed by atoms with Crippen molar-refractivity contribution in [2.24, 2.45) is 0 Å². The lowest BCUT2D eigenvalue weighted by Crippen LogP contribution is -2.19. The zero-order chi connectivity index (χ0) is 16.4. The fourth-order valence-electron chi connectivity index (χ4n) is 2.07. The molecule has 0 saturated heterocycles. The molecule has 0 saturated carbocycles. The maximum Gasteiger partial charge on any atom is 0.244 e. The Morgan fingerprint density at radius 3 is 3.00 bits per heavy atom. The van der Waals surface area contributed by atoms with E-state index in [1.54, 1.807) is 10.6 Å². The molecule has 2 aromatic heterocycles. The van der Waals surface area contributed by atoms with Crippen LogP contribution in [-0.4, -0.2) is 20.7 Å². The van der Waals surface area contributed by atoms with Crippen LogP contribution in [-0.2, 0) is 11.3 Å². The minimum atomic E-state index is -0.194. The summed E-state index contributed by atoms with van der Waals surface area (Å²) in [6, 6.07) is 9.26. The van der Waals surface area contributed by atoms with Crippen molar-refractivity contribution < 1.29 is 4.79 Å². The van der Waals surface area contributed by atoms with Crippen molar-refractivity contribution in [3.8, 4) is 10.7 Å². The predicted molar refractivity (Wildman–Crippen MR) is 95.5 cm³/mol. The average molecular weight is 365 g/mol. The van der Waals surface area contributed by atoms with Crippen molar-refractivity contribution in [3.05, 3.63) is 51.1 Å². The van der Waals surface area contributed by atoms with Crippen LogP contribution in [0.2, 0.25) is 5.02 Å². The van der Waals surface area contributed by atoms with Crippen molar-refractivity contribution in [1.29, 1.82) is 0 Å². The SMILES string of the molecule is Cc1ccc(NC(=O)Cn2c(-c3cccs3)n[nH]c2=S)cc1Cl. The lowest BCUT2D eigenvalue weighted by Gasteiger charge is -2.08. The van der Waals surface area contributed by atoms with E-state index in [1.165, 1.54) is 11.3 Å². The molecule has 118 valence electrons. The second-order valence-corrected chi connectivity index (χ2v) is 6.67. The third-order valence-electron chi connectivity index (χ3n) is 3.26. The number of amides is 1. The summed E-state index contributed by atoms with van der Waals surface area (Å²) in [4.78, 5) is 13.2. The number of H-pyrrole nitrogens is 1. The monoisotopic (exact) mass is 364 g/mol. The van der Waals surface area contributed by atoms with Crippen LogP contribution in [0.4, 0.5) is 5.69 Å². The van der Waals surface area contributed by atoms with Crippen LogP contribution >= 0.6 is 35.2 Å². The molecule has 1 aromatic carbocycles. The summed E-state index contributed by atoms with van der Waals surface area (Å²) in [5.74, 6) is 0.460. The summed E-state index contributed by atoms with van der Waals surface area (Å²) >= 11 is 12.8. The van der Waals surface area contributed by atoms with E-state index in [0.717, 1.165) is 10.4 Å². The van der Waals surface area contributed by atoms with Gasteiger partial charge in [0.05, 0.1) is 4.88 Å². The van der Waals surface area contributed by atoms with Gasteiger partial charge in [0.15, 0.2) is 10.6 Å². The molecular weight excluding hydrogens is 352 g/mol. The number of benzene rings is 1. The highest BCUT2D eigenvalue weighted by Crippen LogP contribution is 2.23. The first-order valence-electron chi connectivity index (χ1n) is 6.79. The molecule has 0 unspecified atom stereocenters. The molecular formula is C15H13ClN4OS2. The van der Waals surface area contributed by atoms with Crippen molar-refractivity contribution in [3.63, 3.8) is 0 Å². The molecule has 23 heavy (non-hydrogen) atoms. The zero-order valence-corrected chi connectivity index (χ0v) is 14.6. The molecule has 0 fully saturated rings. The van der Waals surface area contributed by atoms with Crippen LogP contribution < -0.4 is 5.32 Å². The molecule has 0 aliphatic rings. The number of carbonyl (C=O) groups is 1. The lowest BCUT2D eigenvalue weighted by molar-refractivity contribution is -0.116. The second-order valence-electron chi connectivity index (χ2n) is 4.93. The van der Waals surface area contributed by atoms with E-state index >= 15 is 0 Å². The highest BCUT2D eigenvalue weighted by molar-refractivity contribution is 7.71. The van der Waals surface area contributed by atoms with Crippen LogP contribution in [0.25, 0.3) is 10.7 Å². The molecule has 0 bridgehead atoms. The number of aromatic nitrogens is 3. The van der Waals surface area contributed by atoms with Crippen LogP contribution in [0.15, 0.2) is 35.7 Å². The highest BCUT2D eigenvalue weighted by atomic mass is 35.5. The molecule has 8 heteroatoms. The van der Waals surface area contributed by atoms with E-state index in [1.807, 2.05) is 36.6 Å². The number of thiophene rings is 1. The largest absolute Gasteiger partial charge is 0.324 e. The first-order chi connectivity index (χ1) is 11.0. The maximum atomic E-state index is 12.3. The topological polar surface area (TPSA) is 62.7 Å². The Balaban J connectivity index is 1.79. The lowest BCUT2D eigenvalue weighted by atomic mass is 10.2. The van der Waals surface area contributed by atoms with Crippen molar-refractivity contribution in [1.82, 2.24) is 14.8 Å². The number of aromatic amines is 1. The average Bonchev–Trinajstić information content (AvgIpc) is 3.14. The van der Waals surface area contributed by atoms with Gasteiger partial charge in [-0.25, -0.2) is 0 Å². The minimum Gasteiger partial charge on any atom is -0.324 e. The molecule has 0 atom stereocenters. The molecule has 2 N–H and O–H groups in total. The molecule has 0 radical (unpaired) electrons. The van der Waals surface area contributed by atoms with E-state index < -0.39 is 0 Å². The standard InChI is InChI=1S/C15H13ClN4OS2/c1-9-4-5-10(7-11(9)16)17-13(21)8-20-14(18-19-15(20)22)12-3-2-6-23-12/h2-7H,8H2,1H3,(H,17,21)(H,19,22). The summed E-state index contributed by atoms with van der Waals surface area (Å²) in [6.07, 6.45) is 0. The van der Waals surface area contributed by atoms with Gasteiger partial charge in [0.1, 0.15) is 6.54 Å². The van der Waals surface area contributed by atoms with Crippen molar-refractivity contribution in [2.45, 2.75) is 13.5 Å². The Hall–Kier alpha value is -1.96. The van der Waals surface area contributed by atoms with Gasteiger partial charge in [-0.3, -0.25) is 14.5 Å². The van der Waals surface area contributed by atoms with Crippen LogP contribution in [0.3, 0.4) is 0 Å². The van der Waals surface area contributed by atoms with E-state index in [2.05, 4.69) is 15.5 Å². The molecule has 0 aliphatic carbocycles. The van der Waals surface area contributed by atoms with Gasteiger partial charge in [-0.1, -0.05) is 23.7 Å². The molecule has 3 aromatic rings. The van der Waals surface area contributed by atoms with Gasteiger partial charge in [0.2, 0.25) is 5.91 Å². The van der Waals surface area contributed by atoms with E-state index in [-0.39, 0.29) is 12.5 Å². The van der Waals surface area contributed by atoms with Crippen molar-refractivity contribution >= 4 is 46.8 Å². The number of anilines is 1. The first kappa shape index (κ1) is 15.9. The minimum absolute atomic E-state index is 0.0774. The summed E-state index contributed by atoms with van der Waals surface area (Å²) in [5.41, 5.74) is 1.61. The first-order valence-corrected chi connectivity index (χ1v) is 8.46. The summed E-state index contributed by atoms with van der Waals surface area (Å²) < 4.78 is 2.08. The normalized spacial score (nSPS) is 10.7. The maximum absolute atomic E-state index is 12.3. The number of rotatable bonds is 4. The Labute approximate surface area is 146 Å². The number of hydrogen-bond acceptors (Lipinski definition) is 4. The fraction of sp³-hybridized carbons (Fsp3) is 0.133. The molecule has 0 aliphatic heterocycles. The van der Waals surface area contributed by atoms with E-state index in [9.17, 15) is 4.79 Å². The van der Waals surface area contributed by atoms with E-state index in [0.29, 0.717) is 21.3 Å². The third-order valence-corrected chi connectivity index (χ3v) is 4.84. The number of nitrogens with one attached hydrogen (secondary N) is 2. The molecule has 1 amide bonds. The third kappa shape index (κ3) is 3.52. The Kier molecular flexibility index (Phi) is 4.61. The number of halogens is 1. The van der Waals surface area contributed by atoms with Crippen molar-refractivity contribution in [2.75, 3.05) is 5.32 Å². The Morgan fingerprint density at radius 2 is 2.30 bits per heavy atom. The summed E-state index contributed by atoms with van der Waals surface area (Å²) in [7, 11) is 0. The smallest absolute Gasteiger partial charge is 0.244 e. The van der Waals surface area contributed by atoms with Gasteiger partial charge in [-0.05, 0) is 48.3 Å². The fourth-order valence-corrected chi connectivity index (χ4v) is 3.17. The predicted octanol–water partition coefficient (Wildman–Crippen LogP) is 4.27. The Morgan fingerprint density at radius 1 is 1.48 bits per heavy atom. The quantitative estimate of drug-likeness (QED) is 0.679. The summed E-state index contributed by atoms with van der Waals surface area (Å²) in [5, 5.41) is 12.3. The molecule has 2 heterocycles. The highest BCUT2D eigenvalue weighted by Gasteiger charge is 2.13. The van der Waals surface area contributed by atoms with Gasteiger partial charge in [-0.15, -0.1) is 11.3 Å². The van der Waals surface area contributed by atoms with Crippen LogP contribution in [0, 0.1) is 11.7 Å². The molecule has 5 nitrogen and oxygen atoms in total. The number of aryl methyl sites for hydroxylation is 1. The molecule has 0 spiro atoms. The van der Waals surface area contributed by atoms with Gasteiger partial charge < -0.3 is 5.32 Å². The molecule has 3 rings (SSSR count). The van der Waals surface area contributed by atoms with Gasteiger partial charge in [0.25, 0.3) is 0 Å².